The number of unbranched alkanes of at least 4 members (excludes halogenated alkanes) is 1. The Morgan fingerprint density at radius 3 is 2.68 bits per heavy atom. The highest BCUT2D eigenvalue weighted by molar-refractivity contribution is 6.09. The zero-order valence-electron chi connectivity index (χ0n) is 14.0. The summed E-state index contributed by atoms with van der Waals surface area (Å²) >= 11 is 0. The minimum Gasteiger partial charge on any atom is -0.494 e. The van der Waals surface area contributed by atoms with Crippen molar-refractivity contribution in [1.82, 2.24) is 0 Å². The Morgan fingerprint density at radius 1 is 1.28 bits per heavy atom. The fourth-order valence-electron chi connectivity index (χ4n) is 2.07. The van der Waals surface area contributed by atoms with Gasteiger partial charge in [-0.15, -0.1) is 0 Å². The van der Waals surface area contributed by atoms with Crippen LogP contribution >= 0.6 is 0 Å². The molecule has 0 heterocycles. The molecule has 2 aromatic carbocycles. The number of halogens is 1. The van der Waals surface area contributed by atoms with Crippen molar-refractivity contribution in [2.24, 2.45) is 0 Å². The molecule has 1 amide bonds. The van der Waals surface area contributed by atoms with Gasteiger partial charge in [-0.3, -0.25) is 4.79 Å². The Labute approximate surface area is 146 Å². The summed E-state index contributed by atoms with van der Waals surface area (Å²) in [6.07, 6.45) is 3.53. The first kappa shape index (κ1) is 18.2. The van der Waals surface area contributed by atoms with Crippen molar-refractivity contribution >= 4 is 17.7 Å². The van der Waals surface area contributed by atoms with E-state index in [1.54, 1.807) is 30.3 Å². The highest BCUT2D eigenvalue weighted by atomic mass is 19.1. The summed E-state index contributed by atoms with van der Waals surface area (Å²) in [6, 6.07) is 14.5. The van der Waals surface area contributed by atoms with E-state index in [9.17, 15) is 14.4 Å². The summed E-state index contributed by atoms with van der Waals surface area (Å²) in [4.78, 5) is 12.2. The van der Waals surface area contributed by atoms with Crippen molar-refractivity contribution in [3.63, 3.8) is 0 Å². The van der Waals surface area contributed by atoms with Gasteiger partial charge < -0.3 is 10.1 Å². The van der Waals surface area contributed by atoms with E-state index in [0.29, 0.717) is 17.9 Å². The van der Waals surface area contributed by atoms with E-state index >= 15 is 0 Å². The molecule has 0 saturated heterocycles. The van der Waals surface area contributed by atoms with Crippen LogP contribution in [0.4, 0.5) is 10.1 Å². The monoisotopic (exact) mass is 338 g/mol. The lowest BCUT2D eigenvalue weighted by atomic mass is 10.1. The number of nitriles is 1. The Morgan fingerprint density at radius 2 is 2.04 bits per heavy atom. The van der Waals surface area contributed by atoms with Crippen molar-refractivity contribution in [3.8, 4) is 11.8 Å². The fraction of sp³-hybridized carbons (Fsp3) is 0.200. The number of hydrogen-bond donors (Lipinski definition) is 1. The predicted molar refractivity (Wildman–Crippen MR) is 95.5 cm³/mol. The number of hydrogen-bond acceptors (Lipinski definition) is 3. The van der Waals surface area contributed by atoms with Crippen LogP contribution in [0.15, 0.2) is 54.1 Å². The van der Waals surface area contributed by atoms with Gasteiger partial charge in [-0.2, -0.15) is 5.26 Å². The van der Waals surface area contributed by atoms with Crippen molar-refractivity contribution in [2.45, 2.75) is 19.8 Å². The summed E-state index contributed by atoms with van der Waals surface area (Å²) in [5.41, 5.74) is 0.934. The largest absolute Gasteiger partial charge is 0.494 e. The van der Waals surface area contributed by atoms with Gasteiger partial charge in [-0.05, 0) is 48.4 Å². The highest BCUT2D eigenvalue weighted by Gasteiger charge is 2.10. The minimum atomic E-state index is -0.587. The molecule has 0 aliphatic heterocycles. The van der Waals surface area contributed by atoms with Crippen LogP contribution in [0.25, 0.3) is 6.08 Å². The third kappa shape index (κ3) is 5.78. The van der Waals surface area contributed by atoms with Gasteiger partial charge in [0, 0.05) is 5.69 Å². The standard InChI is InChI=1S/C20H19FN2O2/c1-2-3-11-25-19-9-7-15(8-10-19)12-16(14-22)20(24)23-18-6-4-5-17(21)13-18/h4-10,12-13H,2-3,11H2,1H3,(H,23,24)/b16-12+. The number of anilines is 1. The Bertz CT molecular complexity index is 792. The molecule has 1 N–H and O–H groups in total. The van der Waals surface area contributed by atoms with Crippen LogP contribution in [0.1, 0.15) is 25.3 Å². The van der Waals surface area contributed by atoms with Crippen LogP contribution < -0.4 is 10.1 Å². The second-order valence-electron chi connectivity index (χ2n) is 5.41. The number of amides is 1. The van der Waals surface area contributed by atoms with Gasteiger partial charge >= 0.3 is 0 Å². The molecule has 0 aliphatic carbocycles. The number of carbonyl (C=O) groups is 1. The third-order valence-corrected chi connectivity index (χ3v) is 3.41. The maximum Gasteiger partial charge on any atom is 0.266 e. The average molecular weight is 338 g/mol. The van der Waals surface area contributed by atoms with Crippen LogP contribution in [0.5, 0.6) is 5.75 Å². The molecule has 0 saturated carbocycles. The molecule has 128 valence electrons. The lowest BCUT2D eigenvalue weighted by molar-refractivity contribution is -0.112. The molecule has 0 aromatic heterocycles. The van der Waals surface area contributed by atoms with Crippen LogP contribution in [-0.2, 0) is 4.79 Å². The van der Waals surface area contributed by atoms with Crippen molar-refractivity contribution < 1.29 is 13.9 Å². The minimum absolute atomic E-state index is 0.0658. The summed E-state index contributed by atoms with van der Waals surface area (Å²) in [7, 11) is 0. The Balaban J connectivity index is 2.06. The van der Waals surface area contributed by atoms with E-state index in [2.05, 4.69) is 12.2 Å². The van der Waals surface area contributed by atoms with Gasteiger partial charge in [0.05, 0.1) is 6.61 Å². The molecule has 2 aromatic rings. The van der Waals surface area contributed by atoms with Crippen LogP contribution in [-0.4, -0.2) is 12.5 Å². The van der Waals surface area contributed by atoms with E-state index in [-0.39, 0.29) is 5.57 Å². The van der Waals surface area contributed by atoms with E-state index < -0.39 is 11.7 Å². The number of ether oxygens (including phenoxy) is 1. The lowest BCUT2D eigenvalue weighted by Crippen LogP contribution is -2.13. The van der Waals surface area contributed by atoms with Gasteiger partial charge in [0.25, 0.3) is 5.91 Å². The highest BCUT2D eigenvalue weighted by Crippen LogP contribution is 2.16. The smallest absolute Gasteiger partial charge is 0.266 e. The first-order chi connectivity index (χ1) is 12.1. The number of nitrogens with zero attached hydrogens (tertiary/aromatic N) is 1. The summed E-state index contributed by atoms with van der Waals surface area (Å²) in [5.74, 6) is -0.302. The Hall–Kier alpha value is -3.13. The van der Waals surface area contributed by atoms with Crippen LogP contribution in [0.2, 0.25) is 0 Å². The van der Waals surface area contributed by atoms with Crippen LogP contribution in [0, 0.1) is 17.1 Å². The van der Waals surface area contributed by atoms with E-state index in [4.69, 9.17) is 4.74 Å². The van der Waals surface area contributed by atoms with Gasteiger partial charge in [-0.1, -0.05) is 31.5 Å². The zero-order valence-corrected chi connectivity index (χ0v) is 14.0. The van der Waals surface area contributed by atoms with Crippen molar-refractivity contribution in [3.05, 3.63) is 65.5 Å². The second kappa shape index (κ2) is 9.24. The topological polar surface area (TPSA) is 62.1 Å². The summed E-state index contributed by atoms with van der Waals surface area (Å²) < 4.78 is 18.7. The van der Waals surface area contributed by atoms with E-state index in [1.165, 1.54) is 24.3 Å². The predicted octanol–water partition coefficient (Wildman–Crippen LogP) is 4.55. The molecule has 0 atom stereocenters. The Kier molecular flexibility index (Phi) is 6.73. The third-order valence-electron chi connectivity index (χ3n) is 3.41. The van der Waals surface area contributed by atoms with Gasteiger partial charge in [0.1, 0.15) is 23.2 Å². The van der Waals surface area contributed by atoms with E-state index in [1.807, 2.05) is 6.07 Å². The maximum absolute atomic E-state index is 13.2. The van der Waals surface area contributed by atoms with Crippen molar-refractivity contribution in [2.75, 3.05) is 11.9 Å². The molecule has 0 unspecified atom stereocenters. The average Bonchev–Trinajstić information content (AvgIpc) is 2.61. The molecule has 5 heteroatoms. The number of rotatable bonds is 7. The molecular weight excluding hydrogens is 319 g/mol. The van der Waals surface area contributed by atoms with E-state index in [0.717, 1.165) is 18.6 Å². The molecule has 0 spiro atoms. The molecule has 0 fully saturated rings. The lowest BCUT2D eigenvalue weighted by Gasteiger charge is -2.06. The molecular formula is C20H19FN2O2. The summed E-state index contributed by atoms with van der Waals surface area (Å²) in [5, 5.41) is 11.7. The fourth-order valence-corrected chi connectivity index (χ4v) is 2.07. The summed E-state index contributed by atoms with van der Waals surface area (Å²) in [6.45, 7) is 2.75. The SMILES string of the molecule is CCCCOc1ccc(/C=C(\C#N)C(=O)Nc2cccc(F)c2)cc1. The molecule has 0 radical (unpaired) electrons. The number of nitrogens with one attached hydrogen (secondary N) is 1. The van der Waals surface area contributed by atoms with Crippen molar-refractivity contribution in [1.29, 1.82) is 5.26 Å². The van der Waals surface area contributed by atoms with Gasteiger partial charge in [-0.25, -0.2) is 4.39 Å². The molecule has 0 aliphatic rings. The first-order valence-electron chi connectivity index (χ1n) is 8.04. The quantitative estimate of drug-likeness (QED) is 0.458. The molecule has 0 bridgehead atoms. The molecule has 25 heavy (non-hydrogen) atoms. The normalized spacial score (nSPS) is 10.8. The molecule has 2 rings (SSSR count). The molecule has 4 nitrogen and oxygen atoms in total. The first-order valence-corrected chi connectivity index (χ1v) is 8.04. The zero-order chi connectivity index (χ0) is 18.1. The van der Waals surface area contributed by atoms with Gasteiger partial charge in [0.2, 0.25) is 0 Å². The number of carbonyl (C=O) groups excluding carboxylic acids is 1. The maximum atomic E-state index is 13.2. The number of benzene rings is 2. The second-order valence-corrected chi connectivity index (χ2v) is 5.41. The van der Waals surface area contributed by atoms with Gasteiger partial charge in [0.15, 0.2) is 0 Å². The van der Waals surface area contributed by atoms with Crippen LogP contribution in [0.3, 0.4) is 0 Å².